The Balaban J connectivity index is 1.95. The number of nitrogens with one attached hydrogen (secondary N) is 1. The lowest BCUT2D eigenvalue weighted by molar-refractivity contribution is -0.394. The van der Waals surface area contributed by atoms with Crippen LogP contribution in [0, 0.1) is 45.4 Å². The zero-order valence-electron chi connectivity index (χ0n) is 19.8. The number of carbonyl (C=O) groups excluding carboxylic acids is 1. The molecule has 0 aliphatic rings. The van der Waals surface area contributed by atoms with E-state index < -0.39 is 27.1 Å². The Hall–Kier alpha value is -4.76. The highest BCUT2D eigenvalue weighted by atomic mass is 79.9. The first kappa shape index (κ1) is 26.8. The maximum atomic E-state index is 12.7. The van der Waals surface area contributed by atoms with E-state index in [0.717, 1.165) is 29.3 Å². The third-order valence-electron chi connectivity index (χ3n) is 5.12. The maximum absolute atomic E-state index is 12.7. The summed E-state index contributed by atoms with van der Waals surface area (Å²) in [4.78, 5) is 33.6. The Labute approximate surface area is 219 Å². The predicted molar refractivity (Wildman–Crippen MR) is 139 cm³/mol. The number of halogens is 1. The SMILES string of the molecule is COc1cc(/C=C(\C#N)C(=O)Nc2ccc(C)cc2C)cc(Br)c1Oc1ccc([N+](=O)[O-])cc1[N+](=O)[O-]. The van der Waals surface area contributed by atoms with E-state index >= 15 is 0 Å². The number of amides is 1. The van der Waals surface area contributed by atoms with E-state index in [1.54, 1.807) is 6.07 Å². The van der Waals surface area contributed by atoms with Crippen molar-refractivity contribution in [3.8, 4) is 23.3 Å². The molecule has 3 aromatic rings. The number of nitriles is 1. The van der Waals surface area contributed by atoms with Crippen molar-refractivity contribution < 1.29 is 24.1 Å². The number of hydrogen-bond donors (Lipinski definition) is 1. The zero-order valence-corrected chi connectivity index (χ0v) is 21.4. The molecule has 0 bridgehead atoms. The number of hydrogen-bond acceptors (Lipinski definition) is 8. The van der Waals surface area contributed by atoms with Gasteiger partial charge in [0.1, 0.15) is 11.6 Å². The number of nitro benzene ring substituents is 2. The molecule has 0 spiro atoms. The Morgan fingerprint density at radius 2 is 1.78 bits per heavy atom. The van der Waals surface area contributed by atoms with E-state index in [1.807, 2.05) is 32.0 Å². The molecule has 3 rings (SSSR count). The van der Waals surface area contributed by atoms with Gasteiger partial charge in [0.25, 0.3) is 11.6 Å². The topological polar surface area (TPSA) is 158 Å². The van der Waals surface area contributed by atoms with Crippen LogP contribution in [0.4, 0.5) is 17.1 Å². The van der Waals surface area contributed by atoms with Crippen molar-refractivity contribution in [1.82, 2.24) is 0 Å². The van der Waals surface area contributed by atoms with Crippen molar-refractivity contribution in [2.75, 3.05) is 12.4 Å². The minimum Gasteiger partial charge on any atom is -0.493 e. The molecule has 0 radical (unpaired) electrons. The summed E-state index contributed by atoms with van der Waals surface area (Å²) in [5.74, 6) is -0.676. The molecule has 37 heavy (non-hydrogen) atoms. The van der Waals surface area contributed by atoms with Crippen molar-refractivity contribution in [2.24, 2.45) is 0 Å². The fraction of sp³-hybridized carbons (Fsp3) is 0.120. The normalized spacial score (nSPS) is 10.8. The Morgan fingerprint density at radius 1 is 1.05 bits per heavy atom. The number of methoxy groups -OCH3 is 1. The Morgan fingerprint density at radius 3 is 2.38 bits per heavy atom. The molecule has 1 amide bonds. The third kappa shape index (κ3) is 6.28. The highest BCUT2D eigenvalue weighted by Crippen LogP contribution is 2.43. The number of aryl methyl sites for hydroxylation is 2. The van der Waals surface area contributed by atoms with Gasteiger partial charge in [-0.05, 0) is 71.2 Å². The third-order valence-corrected chi connectivity index (χ3v) is 5.71. The number of non-ortho nitro benzene ring substituents is 1. The average Bonchev–Trinajstić information content (AvgIpc) is 2.85. The van der Waals surface area contributed by atoms with Crippen LogP contribution in [0.2, 0.25) is 0 Å². The highest BCUT2D eigenvalue weighted by Gasteiger charge is 2.23. The minimum absolute atomic E-state index is 0.0508. The van der Waals surface area contributed by atoms with Gasteiger partial charge in [-0.1, -0.05) is 17.7 Å². The predicted octanol–water partition coefficient (Wildman–Crippen LogP) is 6.23. The highest BCUT2D eigenvalue weighted by molar-refractivity contribution is 9.10. The molecule has 0 fully saturated rings. The second kappa shape index (κ2) is 11.3. The largest absolute Gasteiger partial charge is 0.493 e. The molecule has 0 unspecified atom stereocenters. The van der Waals surface area contributed by atoms with Crippen molar-refractivity contribution in [3.05, 3.63) is 95.5 Å². The first-order valence-electron chi connectivity index (χ1n) is 10.5. The van der Waals surface area contributed by atoms with Crippen molar-refractivity contribution in [2.45, 2.75) is 13.8 Å². The monoisotopic (exact) mass is 566 g/mol. The zero-order chi connectivity index (χ0) is 27.3. The number of nitro groups is 2. The van der Waals surface area contributed by atoms with Gasteiger partial charge in [-0.25, -0.2) is 0 Å². The van der Waals surface area contributed by atoms with Crippen LogP contribution in [-0.4, -0.2) is 22.9 Å². The van der Waals surface area contributed by atoms with Crippen LogP contribution < -0.4 is 14.8 Å². The summed E-state index contributed by atoms with van der Waals surface area (Å²) in [6, 6.07) is 13.4. The van der Waals surface area contributed by atoms with Gasteiger partial charge in [-0.2, -0.15) is 5.26 Å². The molecule has 11 nitrogen and oxygen atoms in total. The van der Waals surface area contributed by atoms with E-state index in [9.17, 15) is 30.3 Å². The fourth-order valence-corrected chi connectivity index (χ4v) is 3.88. The van der Waals surface area contributed by atoms with Gasteiger partial charge in [0.2, 0.25) is 5.75 Å². The van der Waals surface area contributed by atoms with Gasteiger partial charge >= 0.3 is 5.69 Å². The Kier molecular flexibility index (Phi) is 8.21. The number of anilines is 1. The second-order valence-corrected chi connectivity index (χ2v) is 8.60. The van der Waals surface area contributed by atoms with Crippen LogP contribution in [0.25, 0.3) is 6.08 Å². The average molecular weight is 567 g/mol. The lowest BCUT2D eigenvalue weighted by Gasteiger charge is -2.13. The molecule has 1 N–H and O–H groups in total. The molecule has 188 valence electrons. The first-order valence-corrected chi connectivity index (χ1v) is 11.3. The molecular weight excluding hydrogens is 548 g/mol. The molecule has 3 aromatic carbocycles. The van der Waals surface area contributed by atoms with Gasteiger partial charge in [-0.3, -0.25) is 25.0 Å². The first-order chi connectivity index (χ1) is 17.5. The molecule has 0 saturated heterocycles. The van der Waals surface area contributed by atoms with Crippen LogP contribution in [-0.2, 0) is 4.79 Å². The number of rotatable bonds is 8. The molecule has 0 aromatic heterocycles. The summed E-state index contributed by atoms with van der Waals surface area (Å²) >= 11 is 3.32. The Bertz CT molecular complexity index is 1500. The number of ether oxygens (including phenoxy) is 2. The van der Waals surface area contributed by atoms with Gasteiger partial charge < -0.3 is 14.8 Å². The van der Waals surface area contributed by atoms with Crippen LogP contribution >= 0.6 is 15.9 Å². The summed E-state index contributed by atoms with van der Waals surface area (Å²) in [7, 11) is 1.34. The molecule has 0 heterocycles. The lowest BCUT2D eigenvalue weighted by Crippen LogP contribution is -2.14. The minimum atomic E-state index is -0.798. The van der Waals surface area contributed by atoms with Crippen molar-refractivity contribution in [3.63, 3.8) is 0 Å². The molecule has 0 saturated carbocycles. The molecule has 12 heteroatoms. The maximum Gasteiger partial charge on any atom is 0.318 e. The molecular formula is C25H19BrN4O7. The lowest BCUT2D eigenvalue weighted by atomic mass is 10.1. The van der Waals surface area contributed by atoms with Gasteiger partial charge in [0, 0.05) is 11.8 Å². The quantitative estimate of drug-likeness (QED) is 0.145. The van der Waals surface area contributed by atoms with Crippen LogP contribution in [0.1, 0.15) is 16.7 Å². The van der Waals surface area contributed by atoms with Gasteiger partial charge in [-0.15, -0.1) is 0 Å². The fourth-order valence-electron chi connectivity index (χ4n) is 3.34. The van der Waals surface area contributed by atoms with Gasteiger partial charge in [0.15, 0.2) is 11.5 Å². The summed E-state index contributed by atoms with van der Waals surface area (Å²) in [5, 5.41) is 34.7. The molecule has 0 aliphatic heterocycles. The van der Waals surface area contributed by atoms with Crippen LogP contribution in [0.3, 0.4) is 0 Å². The van der Waals surface area contributed by atoms with Crippen molar-refractivity contribution in [1.29, 1.82) is 5.26 Å². The summed E-state index contributed by atoms with van der Waals surface area (Å²) in [6.07, 6.45) is 1.35. The smallest absolute Gasteiger partial charge is 0.318 e. The number of benzene rings is 3. The van der Waals surface area contributed by atoms with E-state index in [1.165, 1.54) is 25.3 Å². The van der Waals surface area contributed by atoms with E-state index in [2.05, 4.69) is 21.2 Å². The number of carbonyl (C=O) groups is 1. The molecule has 0 atom stereocenters. The standard InChI is InChI=1S/C25H19BrN4O7/c1-14-4-6-20(15(2)8-14)28-25(31)17(13-27)9-16-10-19(26)24(23(11-16)36-3)37-22-7-5-18(29(32)33)12-21(22)30(34)35/h4-12H,1-3H3,(H,28,31)/b17-9+. The van der Waals surface area contributed by atoms with Crippen LogP contribution in [0.5, 0.6) is 17.2 Å². The van der Waals surface area contributed by atoms with Crippen LogP contribution in [0.15, 0.2) is 58.6 Å². The number of nitrogens with zero attached hydrogens (tertiary/aromatic N) is 3. The van der Waals surface area contributed by atoms with E-state index in [4.69, 9.17) is 9.47 Å². The van der Waals surface area contributed by atoms with Gasteiger partial charge in [0.05, 0.1) is 27.5 Å². The van der Waals surface area contributed by atoms with E-state index in [0.29, 0.717) is 11.3 Å². The second-order valence-electron chi connectivity index (χ2n) is 7.74. The van der Waals surface area contributed by atoms with E-state index in [-0.39, 0.29) is 27.3 Å². The summed E-state index contributed by atoms with van der Waals surface area (Å²) in [6.45, 7) is 3.77. The summed E-state index contributed by atoms with van der Waals surface area (Å²) < 4.78 is 11.3. The summed E-state index contributed by atoms with van der Waals surface area (Å²) in [5.41, 5.74) is 1.61. The van der Waals surface area contributed by atoms with Crippen molar-refractivity contribution >= 4 is 45.0 Å². The molecule has 0 aliphatic carbocycles.